The summed E-state index contributed by atoms with van der Waals surface area (Å²) in [5.41, 5.74) is 2.79. The second kappa shape index (κ2) is 4.17. The summed E-state index contributed by atoms with van der Waals surface area (Å²) in [6.07, 6.45) is 0.848. The maximum Gasteiger partial charge on any atom is 0.150 e. The zero-order chi connectivity index (χ0) is 10.8. The molecule has 0 unspecified atom stereocenters. The van der Waals surface area contributed by atoms with Crippen LogP contribution in [0.3, 0.4) is 0 Å². The minimum Gasteiger partial charge on any atom is -0.298 e. The quantitative estimate of drug-likeness (QED) is 0.715. The van der Waals surface area contributed by atoms with Gasteiger partial charge in [0, 0.05) is 21.0 Å². The number of aryl methyl sites for hydroxylation is 1. The average molecular weight is 237 g/mol. The SMILES string of the molecule is Cc1ccsc1-c1ccc(Cl)cc1C=O. The van der Waals surface area contributed by atoms with E-state index in [0.717, 1.165) is 16.7 Å². The third-order valence-corrected chi connectivity index (χ3v) is 3.53. The lowest BCUT2D eigenvalue weighted by Crippen LogP contribution is -1.86. The summed E-state index contributed by atoms with van der Waals surface area (Å²) in [4.78, 5) is 12.1. The van der Waals surface area contributed by atoms with Gasteiger partial charge in [0.1, 0.15) is 0 Å². The van der Waals surface area contributed by atoms with Gasteiger partial charge >= 0.3 is 0 Å². The molecule has 76 valence electrons. The molecule has 0 radical (unpaired) electrons. The van der Waals surface area contributed by atoms with Gasteiger partial charge in [0.2, 0.25) is 0 Å². The van der Waals surface area contributed by atoms with E-state index in [9.17, 15) is 4.79 Å². The van der Waals surface area contributed by atoms with Crippen LogP contribution in [0.1, 0.15) is 15.9 Å². The Hall–Kier alpha value is -1.12. The highest BCUT2D eigenvalue weighted by Crippen LogP contribution is 2.32. The Morgan fingerprint density at radius 1 is 1.33 bits per heavy atom. The van der Waals surface area contributed by atoms with Crippen molar-refractivity contribution in [2.45, 2.75) is 6.92 Å². The number of rotatable bonds is 2. The maximum atomic E-state index is 10.9. The van der Waals surface area contributed by atoms with E-state index in [-0.39, 0.29) is 0 Å². The molecule has 0 atom stereocenters. The molecule has 15 heavy (non-hydrogen) atoms. The Morgan fingerprint density at radius 3 is 2.73 bits per heavy atom. The van der Waals surface area contributed by atoms with Crippen LogP contribution in [0.5, 0.6) is 0 Å². The molecule has 0 fully saturated rings. The number of benzene rings is 1. The molecule has 1 aromatic heterocycles. The van der Waals surface area contributed by atoms with Gasteiger partial charge in [0.25, 0.3) is 0 Å². The second-order valence-electron chi connectivity index (χ2n) is 3.28. The van der Waals surface area contributed by atoms with Crippen molar-refractivity contribution in [1.82, 2.24) is 0 Å². The first-order valence-corrected chi connectivity index (χ1v) is 5.77. The fraction of sp³-hybridized carbons (Fsp3) is 0.0833. The van der Waals surface area contributed by atoms with Crippen molar-refractivity contribution in [2.24, 2.45) is 0 Å². The molecule has 1 nitrogen and oxygen atoms in total. The molecule has 0 amide bonds. The summed E-state index contributed by atoms with van der Waals surface area (Å²) in [6.45, 7) is 2.04. The predicted molar refractivity (Wildman–Crippen MR) is 64.9 cm³/mol. The van der Waals surface area contributed by atoms with Gasteiger partial charge in [-0.15, -0.1) is 11.3 Å². The first-order valence-electron chi connectivity index (χ1n) is 4.51. The van der Waals surface area contributed by atoms with E-state index >= 15 is 0 Å². The zero-order valence-electron chi connectivity index (χ0n) is 8.16. The lowest BCUT2D eigenvalue weighted by molar-refractivity contribution is 0.112. The van der Waals surface area contributed by atoms with Gasteiger partial charge in [-0.3, -0.25) is 4.79 Å². The molecule has 0 bridgehead atoms. The van der Waals surface area contributed by atoms with Crippen LogP contribution in [0.4, 0.5) is 0 Å². The number of carbonyl (C=O) groups excluding carboxylic acids is 1. The summed E-state index contributed by atoms with van der Waals surface area (Å²) in [7, 11) is 0. The fourth-order valence-corrected chi connectivity index (χ4v) is 2.64. The number of carbonyl (C=O) groups is 1. The Balaban J connectivity index is 2.63. The minimum atomic E-state index is 0.593. The van der Waals surface area contributed by atoms with Gasteiger partial charge in [-0.05, 0) is 36.1 Å². The summed E-state index contributed by atoms with van der Waals surface area (Å²) in [5, 5.41) is 2.61. The molecule has 0 saturated heterocycles. The van der Waals surface area contributed by atoms with Crippen LogP contribution < -0.4 is 0 Å². The normalized spacial score (nSPS) is 10.3. The highest BCUT2D eigenvalue weighted by atomic mass is 35.5. The Morgan fingerprint density at radius 2 is 2.13 bits per heavy atom. The molecule has 0 aliphatic carbocycles. The van der Waals surface area contributed by atoms with Gasteiger partial charge in [0.15, 0.2) is 6.29 Å². The molecular weight excluding hydrogens is 228 g/mol. The monoisotopic (exact) mass is 236 g/mol. The van der Waals surface area contributed by atoms with Gasteiger partial charge in [-0.1, -0.05) is 17.7 Å². The number of aldehydes is 1. The first kappa shape index (κ1) is 10.4. The molecule has 1 aromatic carbocycles. The second-order valence-corrected chi connectivity index (χ2v) is 4.63. The molecule has 2 rings (SSSR count). The highest BCUT2D eigenvalue weighted by Gasteiger charge is 2.08. The van der Waals surface area contributed by atoms with Crippen molar-refractivity contribution < 1.29 is 4.79 Å². The molecule has 0 aliphatic heterocycles. The van der Waals surface area contributed by atoms with E-state index in [1.807, 2.05) is 30.5 Å². The predicted octanol–water partition coefficient (Wildman–Crippen LogP) is 4.19. The summed E-state index contributed by atoms with van der Waals surface area (Å²) < 4.78 is 0. The highest BCUT2D eigenvalue weighted by molar-refractivity contribution is 7.13. The van der Waals surface area contributed by atoms with E-state index < -0.39 is 0 Å². The summed E-state index contributed by atoms with van der Waals surface area (Å²) in [6, 6.07) is 7.44. The van der Waals surface area contributed by atoms with E-state index in [1.165, 1.54) is 5.56 Å². The number of thiophene rings is 1. The fourth-order valence-electron chi connectivity index (χ4n) is 1.49. The molecular formula is C12H9ClOS. The smallest absolute Gasteiger partial charge is 0.150 e. The van der Waals surface area contributed by atoms with Crippen LogP contribution in [0.25, 0.3) is 10.4 Å². The van der Waals surface area contributed by atoms with E-state index in [1.54, 1.807) is 17.4 Å². The van der Waals surface area contributed by atoms with Crippen molar-refractivity contribution in [3.8, 4) is 10.4 Å². The standard InChI is InChI=1S/C12H9ClOS/c1-8-4-5-15-12(8)11-3-2-10(13)6-9(11)7-14/h2-7H,1H3. The van der Waals surface area contributed by atoms with E-state index in [2.05, 4.69) is 0 Å². The van der Waals surface area contributed by atoms with Crippen LogP contribution in [0.2, 0.25) is 5.02 Å². The van der Waals surface area contributed by atoms with Crippen molar-refractivity contribution in [1.29, 1.82) is 0 Å². The molecule has 0 N–H and O–H groups in total. The Labute approximate surface area is 97.3 Å². The van der Waals surface area contributed by atoms with Crippen LogP contribution in [0, 0.1) is 6.92 Å². The molecule has 1 heterocycles. The van der Waals surface area contributed by atoms with E-state index in [4.69, 9.17) is 11.6 Å². The lowest BCUT2D eigenvalue weighted by atomic mass is 10.1. The van der Waals surface area contributed by atoms with Gasteiger partial charge in [-0.25, -0.2) is 0 Å². The molecule has 0 aliphatic rings. The lowest BCUT2D eigenvalue weighted by Gasteiger charge is -2.04. The first-order chi connectivity index (χ1) is 7.22. The van der Waals surface area contributed by atoms with Crippen LogP contribution in [-0.4, -0.2) is 6.29 Å². The van der Waals surface area contributed by atoms with Gasteiger partial charge < -0.3 is 0 Å². The third kappa shape index (κ3) is 1.96. The largest absolute Gasteiger partial charge is 0.298 e. The number of hydrogen-bond acceptors (Lipinski definition) is 2. The molecule has 0 saturated carbocycles. The summed E-state index contributed by atoms with van der Waals surface area (Å²) in [5.74, 6) is 0. The molecule has 3 heteroatoms. The molecule has 2 aromatic rings. The topological polar surface area (TPSA) is 17.1 Å². The minimum absolute atomic E-state index is 0.593. The van der Waals surface area contributed by atoms with Crippen molar-refractivity contribution in [3.05, 3.63) is 45.8 Å². The van der Waals surface area contributed by atoms with Gasteiger partial charge in [-0.2, -0.15) is 0 Å². The van der Waals surface area contributed by atoms with Gasteiger partial charge in [0.05, 0.1) is 0 Å². The number of halogens is 1. The average Bonchev–Trinajstić information content (AvgIpc) is 2.64. The maximum absolute atomic E-state index is 10.9. The summed E-state index contributed by atoms with van der Waals surface area (Å²) >= 11 is 7.48. The Kier molecular flexibility index (Phi) is 2.89. The van der Waals surface area contributed by atoms with E-state index in [0.29, 0.717) is 10.6 Å². The zero-order valence-corrected chi connectivity index (χ0v) is 9.73. The molecule has 0 spiro atoms. The van der Waals surface area contributed by atoms with Crippen molar-refractivity contribution >= 4 is 29.2 Å². The van der Waals surface area contributed by atoms with Crippen molar-refractivity contribution in [2.75, 3.05) is 0 Å². The third-order valence-electron chi connectivity index (χ3n) is 2.25. The van der Waals surface area contributed by atoms with Crippen molar-refractivity contribution in [3.63, 3.8) is 0 Å². The van der Waals surface area contributed by atoms with Crippen LogP contribution >= 0.6 is 22.9 Å². The van der Waals surface area contributed by atoms with Crippen LogP contribution in [-0.2, 0) is 0 Å². The van der Waals surface area contributed by atoms with Crippen LogP contribution in [0.15, 0.2) is 29.6 Å². The Bertz CT molecular complexity index is 502. The number of hydrogen-bond donors (Lipinski definition) is 0.